The highest BCUT2D eigenvalue weighted by molar-refractivity contribution is 5.75. The van der Waals surface area contributed by atoms with Crippen LogP contribution < -0.4 is 0 Å². The number of ether oxygens (including phenoxy) is 2. The molecule has 0 saturated carbocycles. The molecule has 0 bridgehead atoms. The third-order valence-electron chi connectivity index (χ3n) is 4.84. The van der Waals surface area contributed by atoms with Gasteiger partial charge in [-0.3, -0.25) is 14.5 Å². The summed E-state index contributed by atoms with van der Waals surface area (Å²) in [6.07, 6.45) is 0. The molecule has 1 heterocycles. The molecule has 1 aliphatic rings. The van der Waals surface area contributed by atoms with E-state index >= 15 is 0 Å². The van der Waals surface area contributed by atoms with E-state index in [0.29, 0.717) is 12.6 Å². The lowest BCUT2D eigenvalue weighted by atomic mass is 9.83. The summed E-state index contributed by atoms with van der Waals surface area (Å²) in [6, 6.07) is 12.5. The number of rotatable bonds is 6. The van der Waals surface area contributed by atoms with Crippen LogP contribution in [-0.2, 0) is 31.2 Å². The zero-order valence-corrected chi connectivity index (χ0v) is 14.7. The molecule has 0 radical (unpaired) electrons. The molecule has 1 saturated heterocycles. The summed E-state index contributed by atoms with van der Waals surface area (Å²) < 4.78 is 38.1. The first-order valence-electron chi connectivity index (χ1n) is 8.41. The molecule has 5 nitrogen and oxygen atoms in total. The van der Waals surface area contributed by atoms with Gasteiger partial charge in [0.1, 0.15) is 17.6 Å². The van der Waals surface area contributed by atoms with E-state index in [9.17, 15) is 18.4 Å². The predicted molar refractivity (Wildman–Crippen MR) is 92.4 cm³/mol. The van der Waals surface area contributed by atoms with E-state index < -0.39 is 29.1 Å². The van der Waals surface area contributed by atoms with Crippen molar-refractivity contribution in [2.24, 2.45) is 5.92 Å². The van der Waals surface area contributed by atoms with Gasteiger partial charge in [0.2, 0.25) is 0 Å². The number of esters is 1. The molecule has 2 unspecified atom stereocenters. The summed E-state index contributed by atoms with van der Waals surface area (Å²) in [4.78, 5) is 25.5. The fraction of sp³-hybridized carbons (Fsp3) is 0.300. The molecule has 0 aliphatic carbocycles. The average molecular weight is 375 g/mol. The van der Waals surface area contributed by atoms with Crippen molar-refractivity contribution in [3.8, 4) is 0 Å². The molecule has 27 heavy (non-hydrogen) atoms. The first-order valence-corrected chi connectivity index (χ1v) is 8.41. The summed E-state index contributed by atoms with van der Waals surface area (Å²) in [5, 5.41) is 0. The molecular weight excluding hydrogens is 356 g/mol. The third-order valence-corrected chi connectivity index (χ3v) is 4.84. The lowest BCUT2D eigenvalue weighted by Crippen LogP contribution is -2.43. The standard InChI is InChI=1S/C20H19F2NO4/c1-26-19(25)17-11-23(10-14-5-3-2-4-6-14)12-20(17,27-13-24)16-8-7-15(21)9-18(16)22/h2-9,13,17H,10-12H2,1H3. The minimum atomic E-state index is -1.60. The SMILES string of the molecule is COC(=O)C1CN(Cc2ccccc2)CC1(OC=O)c1ccc(F)cc1F. The molecule has 2 aromatic carbocycles. The van der Waals surface area contributed by atoms with Crippen LogP contribution in [0.15, 0.2) is 48.5 Å². The van der Waals surface area contributed by atoms with E-state index in [0.717, 1.165) is 11.6 Å². The fourth-order valence-corrected chi connectivity index (χ4v) is 3.66. The second-order valence-electron chi connectivity index (χ2n) is 6.46. The molecule has 2 aromatic rings. The summed E-state index contributed by atoms with van der Waals surface area (Å²) >= 11 is 0. The summed E-state index contributed by atoms with van der Waals surface area (Å²) in [7, 11) is 1.22. The molecule has 3 rings (SSSR count). The Hall–Kier alpha value is -2.80. The van der Waals surface area contributed by atoms with Gasteiger partial charge in [-0.2, -0.15) is 0 Å². The highest BCUT2D eigenvalue weighted by atomic mass is 19.1. The molecule has 2 atom stereocenters. The zero-order valence-electron chi connectivity index (χ0n) is 14.7. The number of methoxy groups -OCH3 is 1. The molecule has 7 heteroatoms. The van der Waals surface area contributed by atoms with Gasteiger partial charge in [0.15, 0.2) is 5.60 Å². The van der Waals surface area contributed by atoms with Gasteiger partial charge in [-0.15, -0.1) is 0 Å². The Labute approximate surface area is 155 Å². The highest BCUT2D eigenvalue weighted by Gasteiger charge is 2.55. The van der Waals surface area contributed by atoms with Gasteiger partial charge < -0.3 is 9.47 Å². The van der Waals surface area contributed by atoms with Crippen molar-refractivity contribution in [1.82, 2.24) is 4.90 Å². The molecule has 1 fully saturated rings. The Bertz CT molecular complexity index is 830. The first-order chi connectivity index (χ1) is 13.0. The van der Waals surface area contributed by atoms with Gasteiger partial charge in [0.05, 0.1) is 7.11 Å². The van der Waals surface area contributed by atoms with E-state index in [2.05, 4.69) is 0 Å². The van der Waals surface area contributed by atoms with E-state index in [4.69, 9.17) is 9.47 Å². The van der Waals surface area contributed by atoms with Crippen LogP contribution >= 0.6 is 0 Å². The van der Waals surface area contributed by atoms with Crippen molar-refractivity contribution < 1.29 is 27.8 Å². The largest absolute Gasteiger partial charge is 0.469 e. The lowest BCUT2D eigenvalue weighted by Gasteiger charge is -2.32. The molecule has 1 aliphatic heterocycles. The second kappa shape index (κ2) is 7.84. The van der Waals surface area contributed by atoms with Crippen LogP contribution in [0.5, 0.6) is 0 Å². The van der Waals surface area contributed by atoms with Crippen LogP contribution in [0.2, 0.25) is 0 Å². The van der Waals surface area contributed by atoms with Crippen molar-refractivity contribution in [2.45, 2.75) is 12.1 Å². The van der Waals surface area contributed by atoms with Crippen LogP contribution in [0.4, 0.5) is 8.78 Å². The topological polar surface area (TPSA) is 55.8 Å². The van der Waals surface area contributed by atoms with Gasteiger partial charge in [-0.25, -0.2) is 8.78 Å². The number of hydrogen-bond donors (Lipinski definition) is 0. The summed E-state index contributed by atoms with van der Waals surface area (Å²) in [5.74, 6) is -3.22. The van der Waals surface area contributed by atoms with Crippen LogP contribution in [0.1, 0.15) is 11.1 Å². The van der Waals surface area contributed by atoms with E-state index in [1.807, 2.05) is 35.2 Å². The minimum Gasteiger partial charge on any atom is -0.469 e. The number of nitrogens with zero attached hydrogens (tertiary/aromatic N) is 1. The quantitative estimate of drug-likeness (QED) is 0.574. The Morgan fingerprint density at radius 3 is 2.63 bits per heavy atom. The van der Waals surface area contributed by atoms with Crippen LogP contribution in [0, 0.1) is 17.6 Å². The maximum Gasteiger partial charge on any atom is 0.314 e. The second-order valence-corrected chi connectivity index (χ2v) is 6.46. The van der Waals surface area contributed by atoms with Crippen LogP contribution in [0.25, 0.3) is 0 Å². The Kier molecular flexibility index (Phi) is 5.51. The first kappa shape index (κ1) is 19.0. The molecule has 0 aromatic heterocycles. The minimum absolute atomic E-state index is 0.0537. The number of benzene rings is 2. The third kappa shape index (κ3) is 3.68. The normalized spacial score (nSPS) is 22.4. The fourth-order valence-electron chi connectivity index (χ4n) is 3.66. The van der Waals surface area contributed by atoms with Crippen molar-refractivity contribution in [1.29, 1.82) is 0 Å². The number of carbonyl (C=O) groups excluding carboxylic acids is 2. The predicted octanol–water partition coefficient (Wildman–Crippen LogP) is 2.64. The molecule has 0 spiro atoms. The number of carbonyl (C=O) groups is 2. The average Bonchev–Trinajstić information content (AvgIpc) is 3.01. The number of hydrogen-bond acceptors (Lipinski definition) is 5. The van der Waals surface area contributed by atoms with Crippen molar-refractivity contribution in [3.05, 3.63) is 71.3 Å². The number of halogens is 2. The van der Waals surface area contributed by atoms with Crippen molar-refractivity contribution >= 4 is 12.4 Å². The lowest BCUT2D eigenvalue weighted by molar-refractivity contribution is -0.162. The van der Waals surface area contributed by atoms with Gasteiger partial charge in [0.25, 0.3) is 6.47 Å². The van der Waals surface area contributed by atoms with Gasteiger partial charge in [-0.05, 0) is 17.7 Å². The summed E-state index contributed by atoms with van der Waals surface area (Å²) in [6.45, 7) is 0.932. The van der Waals surface area contributed by atoms with Gasteiger partial charge in [-0.1, -0.05) is 30.3 Å². The van der Waals surface area contributed by atoms with E-state index in [-0.39, 0.29) is 25.1 Å². The maximum atomic E-state index is 14.6. The van der Waals surface area contributed by atoms with Crippen LogP contribution in [-0.4, -0.2) is 37.5 Å². The van der Waals surface area contributed by atoms with E-state index in [1.165, 1.54) is 13.2 Å². The maximum absolute atomic E-state index is 14.6. The van der Waals surface area contributed by atoms with E-state index in [1.54, 1.807) is 0 Å². The molecule has 142 valence electrons. The molecular formula is C20H19F2NO4. The Balaban J connectivity index is 2.02. The van der Waals surface area contributed by atoms with Gasteiger partial charge in [0, 0.05) is 31.3 Å². The van der Waals surface area contributed by atoms with Crippen molar-refractivity contribution in [2.75, 3.05) is 20.2 Å². The van der Waals surface area contributed by atoms with Crippen LogP contribution in [0.3, 0.4) is 0 Å². The highest BCUT2D eigenvalue weighted by Crippen LogP contribution is 2.42. The van der Waals surface area contributed by atoms with Crippen molar-refractivity contribution in [3.63, 3.8) is 0 Å². The Morgan fingerprint density at radius 2 is 2.00 bits per heavy atom. The summed E-state index contributed by atoms with van der Waals surface area (Å²) in [5.41, 5.74) is -0.661. The van der Waals surface area contributed by atoms with Gasteiger partial charge >= 0.3 is 5.97 Å². The molecule has 0 amide bonds. The number of likely N-dealkylation sites (tertiary alicyclic amines) is 1. The smallest absolute Gasteiger partial charge is 0.314 e. The Morgan fingerprint density at radius 1 is 1.26 bits per heavy atom. The monoisotopic (exact) mass is 375 g/mol. The molecule has 0 N–H and O–H groups in total. The zero-order chi connectivity index (χ0) is 19.4.